The number of rotatable bonds is 5. The first-order valence-corrected chi connectivity index (χ1v) is 6.80. The SMILES string of the molecule is CC(C)c1cccc(-n2nnnc2SCC(=O)O)c1. The monoisotopic (exact) mass is 278 g/mol. The minimum Gasteiger partial charge on any atom is -0.481 e. The number of aliphatic carboxylic acids is 1. The lowest BCUT2D eigenvalue weighted by Crippen LogP contribution is -2.03. The summed E-state index contributed by atoms with van der Waals surface area (Å²) in [7, 11) is 0. The predicted molar refractivity (Wildman–Crippen MR) is 71.6 cm³/mol. The molecule has 0 fully saturated rings. The van der Waals surface area contributed by atoms with E-state index in [1.165, 1.54) is 5.56 Å². The Morgan fingerprint density at radius 2 is 2.26 bits per heavy atom. The van der Waals surface area contributed by atoms with Crippen LogP contribution in [-0.2, 0) is 4.79 Å². The molecule has 1 N–H and O–H groups in total. The van der Waals surface area contributed by atoms with Gasteiger partial charge in [0.25, 0.3) is 0 Å². The number of aromatic nitrogens is 4. The van der Waals surface area contributed by atoms with Crippen LogP contribution in [0.1, 0.15) is 25.3 Å². The third-order valence-electron chi connectivity index (χ3n) is 2.55. The highest BCUT2D eigenvalue weighted by Crippen LogP contribution is 2.21. The number of hydrogen-bond donors (Lipinski definition) is 1. The van der Waals surface area contributed by atoms with Crippen LogP contribution in [0.5, 0.6) is 0 Å². The maximum atomic E-state index is 10.6. The lowest BCUT2D eigenvalue weighted by atomic mass is 10.0. The topological polar surface area (TPSA) is 80.9 Å². The number of nitrogens with zero attached hydrogens (tertiary/aromatic N) is 4. The normalized spacial score (nSPS) is 10.9. The molecule has 0 aliphatic rings. The van der Waals surface area contributed by atoms with Gasteiger partial charge in [0.1, 0.15) is 0 Å². The maximum absolute atomic E-state index is 10.6. The van der Waals surface area contributed by atoms with E-state index in [1.54, 1.807) is 4.68 Å². The van der Waals surface area contributed by atoms with Crippen molar-refractivity contribution in [1.29, 1.82) is 0 Å². The zero-order valence-electron chi connectivity index (χ0n) is 10.6. The molecule has 0 amide bonds. The van der Waals surface area contributed by atoms with E-state index in [4.69, 9.17) is 5.11 Å². The van der Waals surface area contributed by atoms with Crippen LogP contribution in [0.2, 0.25) is 0 Å². The van der Waals surface area contributed by atoms with Gasteiger partial charge in [-0.15, -0.1) is 5.10 Å². The van der Waals surface area contributed by atoms with Crippen LogP contribution in [-0.4, -0.2) is 37.0 Å². The standard InChI is InChI=1S/C12H14N4O2S/c1-8(2)9-4-3-5-10(6-9)16-12(13-14-15-16)19-7-11(17)18/h3-6,8H,7H2,1-2H3,(H,17,18). The number of hydrogen-bond acceptors (Lipinski definition) is 5. The zero-order chi connectivity index (χ0) is 13.8. The van der Waals surface area contributed by atoms with E-state index >= 15 is 0 Å². The molecule has 0 saturated carbocycles. The highest BCUT2D eigenvalue weighted by Gasteiger charge is 2.11. The van der Waals surface area contributed by atoms with E-state index in [1.807, 2.05) is 24.3 Å². The van der Waals surface area contributed by atoms with E-state index in [2.05, 4.69) is 29.4 Å². The lowest BCUT2D eigenvalue weighted by Gasteiger charge is -2.08. The number of thioether (sulfide) groups is 1. The van der Waals surface area contributed by atoms with Crippen LogP contribution in [0, 0.1) is 0 Å². The van der Waals surface area contributed by atoms with Crippen LogP contribution >= 0.6 is 11.8 Å². The van der Waals surface area contributed by atoms with E-state index in [-0.39, 0.29) is 5.75 Å². The second-order valence-electron chi connectivity index (χ2n) is 4.31. The van der Waals surface area contributed by atoms with Gasteiger partial charge in [-0.1, -0.05) is 37.7 Å². The molecule has 2 rings (SSSR count). The minimum atomic E-state index is -0.893. The molecule has 19 heavy (non-hydrogen) atoms. The molecule has 0 radical (unpaired) electrons. The fourth-order valence-corrected chi connectivity index (χ4v) is 2.18. The summed E-state index contributed by atoms with van der Waals surface area (Å²) in [6.07, 6.45) is 0. The molecule has 2 aromatic rings. The molecule has 100 valence electrons. The van der Waals surface area contributed by atoms with Crippen LogP contribution in [0.25, 0.3) is 5.69 Å². The predicted octanol–water partition coefficient (Wildman–Crippen LogP) is 1.96. The maximum Gasteiger partial charge on any atom is 0.313 e. The van der Waals surface area contributed by atoms with Crippen molar-refractivity contribution < 1.29 is 9.90 Å². The van der Waals surface area contributed by atoms with Crippen molar-refractivity contribution in [3.8, 4) is 5.69 Å². The Morgan fingerprint density at radius 3 is 2.95 bits per heavy atom. The molecule has 1 heterocycles. The van der Waals surface area contributed by atoms with Gasteiger partial charge in [0.05, 0.1) is 11.4 Å². The van der Waals surface area contributed by atoms with Crippen molar-refractivity contribution in [3.05, 3.63) is 29.8 Å². The second-order valence-corrected chi connectivity index (χ2v) is 5.25. The molecule has 7 heteroatoms. The summed E-state index contributed by atoms with van der Waals surface area (Å²) >= 11 is 1.10. The summed E-state index contributed by atoms with van der Waals surface area (Å²) in [6.45, 7) is 4.22. The van der Waals surface area contributed by atoms with Gasteiger partial charge in [-0.25, -0.2) is 0 Å². The summed E-state index contributed by atoms with van der Waals surface area (Å²) in [5.74, 6) is -0.549. The Balaban J connectivity index is 2.29. The Morgan fingerprint density at radius 1 is 1.47 bits per heavy atom. The summed E-state index contributed by atoms with van der Waals surface area (Å²) in [5.41, 5.74) is 2.02. The van der Waals surface area contributed by atoms with E-state index < -0.39 is 5.97 Å². The number of carbonyl (C=O) groups is 1. The Bertz CT molecular complexity index is 583. The molecule has 0 saturated heterocycles. The van der Waals surface area contributed by atoms with Crippen LogP contribution in [0.15, 0.2) is 29.4 Å². The number of carboxylic acid groups (broad SMARTS) is 1. The fraction of sp³-hybridized carbons (Fsp3) is 0.333. The fourth-order valence-electron chi connectivity index (χ4n) is 1.57. The van der Waals surface area contributed by atoms with Crippen LogP contribution < -0.4 is 0 Å². The number of carboxylic acids is 1. The van der Waals surface area contributed by atoms with Gasteiger partial charge >= 0.3 is 5.97 Å². The van der Waals surface area contributed by atoms with Gasteiger partial charge in [-0.3, -0.25) is 4.79 Å². The van der Waals surface area contributed by atoms with Gasteiger partial charge in [-0.2, -0.15) is 4.68 Å². The number of tetrazole rings is 1. The molecule has 0 aliphatic heterocycles. The van der Waals surface area contributed by atoms with Crippen molar-refractivity contribution in [3.63, 3.8) is 0 Å². The Labute approximate surface area is 114 Å². The second kappa shape index (κ2) is 5.83. The van der Waals surface area contributed by atoms with E-state index in [0.717, 1.165) is 17.4 Å². The van der Waals surface area contributed by atoms with Crippen molar-refractivity contribution in [2.24, 2.45) is 0 Å². The van der Waals surface area contributed by atoms with Gasteiger partial charge in [-0.05, 0) is 34.0 Å². The summed E-state index contributed by atoms with van der Waals surface area (Å²) in [5, 5.41) is 20.5. The average Bonchev–Trinajstić information content (AvgIpc) is 2.84. The quantitative estimate of drug-likeness (QED) is 0.842. The summed E-state index contributed by atoms with van der Waals surface area (Å²) < 4.78 is 1.56. The highest BCUT2D eigenvalue weighted by atomic mass is 32.2. The smallest absolute Gasteiger partial charge is 0.313 e. The molecule has 1 aromatic heterocycles. The highest BCUT2D eigenvalue weighted by molar-refractivity contribution is 7.99. The lowest BCUT2D eigenvalue weighted by molar-refractivity contribution is -0.133. The first-order valence-electron chi connectivity index (χ1n) is 5.81. The van der Waals surface area contributed by atoms with Crippen molar-refractivity contribution >= 4 is 17.7 Å². The van der Waals surface area contributed by atoms with Crippen molar-refractivity contribution in [2.45, 2.75) is 24.9 Å². The molecular weight excluding hydrogens is 264 g/mol. The van der Waals surface area contributed by atoms with Crippen LogP contribution in [0.4, 0.5) is 0 Å². The molecule has 0 atom stereocenters. The summed E-state index contributed by atoms with van der Waals surface area (Å²) in [4.78, 5) is 10.6. The van der Waals surface area contributed by atoms with E-state index in [9.17, 15) is 4.79 Å². The van der Waals surface area contributed by atoms with Gasteiger partial charge < -0.3 is 5.11 Å². The molecular formula is C12H14N4O2S. The van der Waals surface area contributed by atoms with Gasteiger partial charge in [0.2, 0.25) is 5.16 Å². The molecule has 1 aromatic carbocycles. The number of benzene rings is 1. The van der Waals surface area contributed by atoms with Crippen LogP contribution in [0.3, 0.4) is 0 Å². The molecule has 6 nitrogen and oxygen atoms in total. The Kier molecular flexibility index (Phi) is 4.16. The summed E-state index contributed by atoms with van der Waals surface area (Å²) in [6, 6.07) is 7.89. The molecule has 0 spiro atoms. The van der Waals surface area contributed by atoms with Gasteiger partial charge in [0, 0.05) is 0 Å². The average molecular weight is 278 g/mol. The van der Waals surface area contributed by atoms with Crippen molar-refractivity contribution in [2.75, 3.05) is 5.75 Å². The van der Waals surface area contributed by atoms with Gasteiger partial charge in [0.15, 0.2) is 0 Å². The molecule has 0 aliphatic carbocycles. The first-order chi connectivity index (χ1) is 9.08. The minimum absolute atomic E-state index is 0.0652. The van der Waals surface area contributed by atoms with Crippen molar-refractivity contribution in [1.82, 2.24) is 20.2 Å². The largest absolute Gasteiger partial charge is 0.481 e. The van der Waals surface area contributed by atoms with E-state index in [0.29, 0.717) is 11.1 Å². The Hall–Kier alpha value is -1.89. The first kappa shape index (κ1) is 13.5. The molecule has 0 unspecified atom stereocenters. The third-order valence-corrected chi connectivity index (χ3v) is 3.45. The zero-order valence-corrected chi connectivity index (χ0v) is 11.5. The molecule has 0 bridgehead atoms. The third kappa shape index (κ3) is 3.31.